The van der Waals surface area contributed by atoms with Gasteiger partial charge in [0, 0.05) is 24.6 Å². The fourth-order valence-corrected chi connectivity index (χ4v) is 2.72. The predicted octanol–water partition coefficient (Wildman–Crippen LogP) is 2.56. The lowest BCUT2D eigenvalue weighted by atomic mass is 10.0. The van der Waals surface area contributed by atoms with E-state index in [1.54, 1.807) is 0 Å². The fraction of sp³-hybridized carbons (Fsp3) is 0.562. The Morgan fingerprint density at radius 2 is 2.14 bits per heavy atom. The van der Waals surface area contributed by atoms with Crippen LogP contribution in [0.4, 0.5) is 8.78 Å². The largest absolute Gasteiger partial charge is 0.352 e. The lowest BCUT2D eigenvalue weighted by Crippen LogP contribution is -2.42. The van der Waals surface area contributed by atoms with E-state index in [0.717, 1.165) is 12.5 Å². The summed E-state index contributed by atoms with van der Waals surface area (Å²) >= 11 is 0. The van der Waals surface area contributed by atoms with Crippen molar-refractivity contribution in [3.05, 3.63) is 35.4 Å². The Balaban J connectivity index is 1.94. The summed E-state index contributed by atoms with van der Waals surface area (Å²) in [5, 5.41) is 2.93. The average Bonchev–Trinajstić information content (AvgIpc) is 3.17. The molecule has 0 heterocycles. The van der Waals surface area contributed by atoms with Crippen molar-refractivity contribution in [2.24, 2.45) is 17.6 Å². The maximum Gasteiger partial charge on any atom is 0.224 e. The first-order chi connectivity index (χ1) is 9.92. The van der Waals surface area contributed by atoms with Gasteiger partial charge in [-0.3, -0.25) is 4.79 Å². The summed E-state index contributed by atoms with van der Waals surface area (Å²) in [5.74, 6) is -1.19. The van der Waals surface area contributed by atoms with Crippen molar-refractivity contribution in [3.63, 3.8) is 0 Å². The molecule has 0 aliphatic heterocycles. The fourth-order valence-electron chi connectivity index (χ4n) is 2.72. The minimum atomic E-state index is -0.599. The Morgan fingerprint density at radius 3 is 2.71 bits per heavy atom. The Kier molecular flexibility index (Phi) is 4.93. The van der Waals surface area contributed by atoms with Crippen LogP contribution in [0, 0.1) is 23.5 Å². The molecule has 1 aliphatic rings. The highest BCUT2D eigenvalue weighted by atomic mass is 19.1. The number of benzene rings is 1. The van der Waals surface area contributed by atoms with Gasteiger partial charge in [-0.05, 0) is 36.3 Å². The molecule has 0 saturated heterocycles. The number of amides is 1. The molecule has 21 heavy (non-hydrogen) atoms. The zero-order valence-electron chi connectivity index (χ0n) is 12.4. The number of halogens is 2. The van der Waals surface area contributed by atoms with Crippen molar-refractivity contribution in [3.8, 4) is 0 Å². The average molecular weight is 296 g/mol. The molecule has 1 aliphatic carbocycles. The first kappa shape index (κ1) is 15.9. The van der Waals surface area contributed by atoms with E-state index in [4.69, 9.17) is 5.73 Å². The van der Waals surface area contributed by atoms with Gasteiger partial charge < -0.3 is 11.1 Å². The Labute approximate surface area is 123 Å². The van der Waals surface area contributed by atoms with Gasteiger partial charge in [-0.1, -0.05) is 19.9 Å². The molecule has 3 N–H and O–H groups in total. The molecule has 0 spiro atoms. The summed E-state index contributed by atoms with van der Waals surface area (Å²) in [6.45, 7) is 4.54. The molecule has 0 radical (unpaired) electrons. The molecule has 3 nitrogen and oxygen atoms in total. The van der Waals surface area contributed by atoms with E-state index in [2.05, 4.69) is 19.2 Å². The molecular formula is C16H22F2N2O. The number of carbonyl (C=O) groups is 1. The molecule has 3 atom stereocenters. The second-order valence-corrected chi connectivity index (χ2v) is 6.19. The minimum Gasteiger partial charge on any atom is -0.352 e. The van der Waals surface area contributed by atoms with Crippen LogP contribution < -0.4 is 11.1 Å². The third-order valence-corrected chi connectivity index (χ3v) is 3.88. The topological polar surface area (TPSA) is 55.1 Å². The van der Waals surface area contributed by atoms with Gasteiger partial charge in [0.05, 0.1) is 0 Å². The van der Waals surface area contributed by atoms with Crippen LogP contribution >= 0.6 is 0 Å². The summed E-state index contributed by atoms with van der Waals surface area (Å²) in [6, 6.07) is 3.48. The third kappa shape index (κ3) is 4.00. The van der Waals surface area contributed by atoms with E-state index in [-0.39, 0.29) is 23.8 Å². The van der Waals surface area contributed by atoms with Crippen LogP contribution in [-0.4, -0.2) is 18.5 Å². The van der Waals surface area contributed by atoms with Gasteiger partial charge in [0.25, 0.3) is 0 Å². The van der Waals surface area contributed by atoms with Crippen molar-refractivity contribution in [1.29, 1.82) is 0 Å². The number of hydrogen-bond acceptors (Lipinski definition) is 2. The molecule has 3 unspecified atom stereocenters. The first-order valence-corrected chi connectivity index (χ1v) is 7.37. The number of hydrogen-bond donors (Lipinski definition) is 2. The van der Waals surface area contributed by atoms with Gasteiger partial charge in [0.15, 0.2) is 0 Å². The first-order valence-electron chi connectivity index (χ1n) is 7.37. The Bertz CT molecular complexity index is 519. The Morgan fingerprint density at radius 1 is 1.43 bits per heavy atom. The summed E-state index contributed by atoms with van der Waals surface area (Å²) in [4.78, 5) is 12.2. The third-order valence-electron chi connectivity index (χ3n) is 3.88. The minimum absolute atomic E-state index is 0.0446. The maximum atomic E-state index is 13.7. The lowest BCUT2D eigenvalue weighted by molar-refractivity contribution is -0.123. The van der Waals surface area contributed by atoms with Gasteiger partial charge in [0.1, 0.15) is 11.6 Å². The molecule has 1 amide bonds. The quantitative estimate of drug-likeness (QED) is 0.847. The van der Waals surface area contributed by atoms with Gasteiger partial charge in [0.2, 0.25) is 5.91 Å². The molecule has 1 aromatic rings. The monoisotopic (exact) mass is 296 g/mol. The van der Waals surface area contributed by atoms with Crippen molar-refractivity contribution in [1.82, 2.24) is 5.32 Å². The van der Waals surface area contributed by atoms with E-state index in [1.165, 1.54) is 12.1 Å². The highest BCUT2D eigenvalue weighted by molar-refractivity contribution is 5.83. The van der Waals surface area contributed by atoms with Gasteiger partial charge >= 0.3 is 0 Å². The number of nitrogens with one attached hydrogen (secondary N) is 1. The van der Waals surface area contributed by atoms with Gasteiger partial charge in [-0.15, -0.1) is 0 Å². The molecule has 1 saturated carbocycles. The van der Waals surface area contributed by atoms with Crippen molar-refractivity contribution in [2.75, 3.05) is 6.54 Å². The molecule has 2 rings (SSSR count). The highest BCUT2D eigenvalue weighted by Gasteiger charge is 2.45. The molecule has 5 heteroatoms. The Hall–Kier alpha value is -1.49. The van der Waals surface area contributed by atoms with Crippen LogP contribution in [0.25, 0.3) is 0 Å². The van der Waals surface area contributed by atoms with Crippen molar-refractivity contribution < 1.29 is 13.6 Å². The molecule has 0 bridgehead atoms. The van der Waals surface area contributed by atoms with E-state index in [0.29, 0.717) is 24.4 Å². The standard InChI is InChI=1S/C16H22F2N2O/c1-9(2)5-11(8-19)20-16(21)14-7-13(14)12-4-3-10(17)6-15(12)18/h3-4,6,9,11,13-14H,5,7-8,19H2,1-2H3,(H,20,21). The SMILES string of the molecule is CC(C)CC(CN)NC(=O)C1CC1c1ccc(F)cc1F. The normalized spacial score (nSPS) is 22.2. The maximum absolute atomic E-state index is 13.7. The smallest absolute Gasteiger partial charge is 0.224 e. The molecule has 116 valence electrons. The van der Waals surface area contributed by atoms with Crippen LogP contribution in [0.3, 0.4) is 0 Å². The van der Waals surface area contributed by atoms with Gasteiger partial charge in [-0.25, -0.2) is 8.78 Å². The number of nitrogens with two attached hydrogens (primary N) is 1. The lowest BCUT2D eigenvalue weighted by Gasteiger charge is -2.18. The summed E-state index contributed by atoms with van der Waals surface area (Å²) in [6.07, 6.45) is 1.43. The molecular weight excluding hydrogens is 274 g/mol. The van der Waals surface area contributed by atoms with E-state index in [1.807, 2.05) is 0 Å². The van der Waals surface area contributed by atoms with Gasteiger partial charge in [-0.2, -0.15) is 0 Å². The van der Waals surface area contributed by atoms with Crippen LogP contribution in [0.1, 0.15) is 38.2 Å². The van der Waals surface area contributed by atoms with Crippen LogP contribution in [0.5, 0.6) is 0 Å². The second kappa shape index (κ2) is 6.52. The highest BCUT2D eigenvalue weighted by Crippen LogP contribution is 2.48. The summed E-state index contributed by atoms with van der Waals surface area (Å²) in [7, 11) is 0. The summed E-state index contributed by atoms with van der Waals surface area (Å²) in [5.41, 5.74) is 6.08. The zero-order chi connectivity index (χ0) is 15.6. The van der Waals surface area contributed by atoms with E-state index >= 15 is 0 Å². The number of carbonyl (C=O) groups excluding carboxylic acids is 1. The zero-order valence-corrected chi connectivity index (χ0v) is 12.4. The van der Waals surface area contributed by atoms with E-state index in [9.17, 15) is 13.6 Å². The number of rotatable bonds is 6. The second-order valence-electron chi connectivity index (χ2n) is 6.19. The predicted molar refractivity (Wildman–Crippen MR) is 77.6 cm³/mol. The molecule has 1 aromatic carbocycles. The summed E-state index contributed by atoms with van der Waals surface area (Å²) < 4.78 is 26.6. The molecule has 1 fully saturated rings. The van der Waals surface area contributed by atoms with Crippen molar-refractivity contribution >= 4 is 5.91 Å². The van der Waals surface area contributed by atoms with Crippen LogP contribution in [0.2, 0.25) is 0 Å². The van der Waals surface area contributed by atoms with Crippen LogP contribution in [-0.2, 0) is 4.79 Å². The van der Waals surface area contributed by atoms with E-state index < -0.39 is 11.6 Å². The molecule has 0 aromatic heterocycles. The van der Waals surface area contributed by atoms with Crippen molar-refractivity contribution in [2.45, 2.75) is 38.6 Å². The van der Waals surface area contributed by atoms with Crippen LogP contribution in [0.15, 0.2) is 18.2 Å².